The number of fused-ring (bicyclic) bond motifs is 1. The number of hydrogen-bond acceptors (Lipinski definition) is 5. The summed E-state index contributed by atoms with van der Waals surface area (Å²) < 4.78 is 5.29. The number of nitrogens with zero attached hydrogens (tertiary/aromatic N) is 2. The van der Waals surface area contributed by atoms with Crippen LogP contribution in [-0.2, 0) is 9.59 Å². The van der Waals surface area contributed by atoms with Crippen LogP contribution in [0.5, 0.6) is 5.75 Å². The van der Waals surface area contributed by atoms with Gasteiger partial charge in [0.1, 0.15) is 12.3 Å². The Morgan fingerprint density at radius 1 is 1.27 bits per heavy atom. The zero-order chi connectivity index (χ0) is 18.8. The Morgan fingerprint density at radius 3 is 2.62 bits per heavy atom. The highest BCUT2D eigenvalue weighted by Crippen LogP contribution is 2.35. The molecule has 134 valence electrons. The Hall–Kier alpha value is -3.42. The third kappa shape index (κ3) is 3.34. The molecule has 1 aliphatic heterocycles. The molecule has 8 nitrogen and oxygen atoms in total. The summed E-state index contributed by atoms with van der Waals surface area (Å²) >= 11 is 0. The Morgan fingerprint density at radius 2 is 1.96 bits per heavy atom. The molecule has 1 heterocycles. The number of nitrogens with one attached hydrogen (secondary N) is 1. The molecule has 0 saturated heterocycles. The number of nitro groups is 1. The van der Waals surface area contributed by atoms with Gasteiger partial charge in [-0.1, -0.05) is 18.2 Å². The first-order valence-corrected chi connectivity index (χ1v) is 7.94. The van der Waals surface area contributed by atoms with Gasteiger partial charge in [-0.05, 0) is 31.0 Å². The monoisotopic (exact) mass is 355 g/mol. The Bertz CT molecular complexity index is 889. The highest BCUT2D eigenvalue weighted by Gasteiger charge is 2.29. The third-order valence-electron chi connectivity index (χ3n) is 4.14. The van der Waals surface area contributed by atoms with E-state index in [-0.39, 0.29) is 24.5 Å². The fourth-order valence-corrected chi connectivity index (χ4v) is 2.81. The lowest BCUT2D eigenvalue weighted by atomic mass is 10.1. The van der Waals surface area contributed by atoms with Crippen molar-refractivity contribution in [1.82, 2.24) is 0 Å². The minimum absolute atomic E-state index is 0.179. The van der Waals surface area contributed by atoms with E-state index in [9.17, 15) is 19.7 Å². The van der Waals surface area contributed by atoms with Crippen LogP contribution in [0.2, 0.25) is 0 Å². The molecule has 1 N–H and O–H groups in total. The van der Waals surface area contributed by atoms with Crippen molar-refractivity contribution in [2.45, 2.75) is 13.8 Å². The lowest BCUT2D eigenvalue weighted by molar-refractivity contribution is -0.384. The van der Waals surface area contributed by atoms with Crippen molar-refractivity contribution in [3.63, 3.8) is 0 Å². The van der Waals surface area contributed by atoms with Gasteiger partial charge in [0.25, 0.3) is 11.6 Å². The first-order valence-electron chi connectivity index (χ1n) is 7.94. The molecular weight excluding hydrogens is 338 g/mol. The van der Waals surface area contributed by atoms with E-state index in [4.69, 9.17) is 4.74 Å². The van der Waals surface area contributed by atoms with Crippen LogP contribution in [-0.4, -0.2) is 29.9 Å². The smallest absolute Gasteiger partial charge is 0.271 e. The fourth-order valence-electron chi connectivity index (χ4n) is 2.81. The molecule has 0 radical (unpaired) electrons. The molecule has 26 heavy (non-hydrogen) atoms. The van der Waals surface area contributed by atoms with Gasteiger partial charge in [-0.25, -0.2) is 0 Å². The van der Waals surface area contributed by atoms with E-state index in [2.05, 4.69) is 5.32 Å². The summed E-state index contributed by atoms with van der Waals surface area (Å²) in [6, 6.07) is 9.60. The van der Waals surface area contributed by atoms with Gasteiger partial charge in [0, 0.05) is 17.8 Å². The number of amides is 2. The van der Waals surface area contributed by atoms with Gasteiger partial charge in [-0.2, -0.15) is 0 Å². The van der Waals surface area contributed by atoms with E-state index in [1.165, 1.54) is 23.1 Å². The maximum absolute atomic E-state index is 12.5. The van der Waals surface area contributed by atoms with Crippen LogP contribution in [0.15, 0.2) is 36.4 Å². The van der Waals surface area contributed by atoms with Crippen LogP contribution in [0.4, 0.5) is 17.1 Å². The van der Waals surface area contributed by atoms with Crippen molar-refractivity contribution in [2.24, 2.45) is 0 Å². The molecule has 0 atom stereocenters. The van der Waals surface area contributed by atoms with Crippen LogP contribution < -0.4 is 15.0 Å². The second-order valence-electron chi connectivity index (χ2n) is 5.99. The number of carbonyl (C=O) groups is 2. The van der Waals surface area contributed by atoms with Gasteiger partial charge >= 0.3 is 0 Å². The number of anilines is 2. The number of aryl methyl sites for hydroxylation is 2. The van der Waals surface area contributed by atoms with Crippen molar-refractivity contribution in [3.05, 3.63) is 57.6 Å². The molecule has 0 aromatic heterocycles. The van der Waals surface area contributed by atoms with Crippen LogP contribution in [0.25, 0.3) is 0 Å². The highest BCUT2D eigenvalue weighted by atomic mass is 16.6. The summed E-state index contributed by atoms with van der Waals surface area (Å²) in [6.07, 6.45) is 0. The molecule has 2 amide bonds. The summed E-state index contributed by atoms with van der Waals surface area (Å²) in [4.78, 5) is 36.3. The summed E-state index contributed by atoms with van der Waals surface area (Å²) in [7, 11) is 0. The zero-order valence-electron chi connectivity index (χ0n) is 14.3. The number of nitro benzene ring substituents is 1. The van der Waals surface area contributed by atoms with Crippen molar-refractivity contribution in [2.75, 3.05) is 23.4 Å². The largest absolute Gasteiger partial charge is 0.482 e. The summed E-state index contributed by atoms with van der Waals surface area (Å²) in [5.74, 6) is -0.500. The van der Waals surface area contributed by atoms with Crippen molar-refractivity contribution < 1.29 is 19.2 Å². The van der Waals surface area contributed by atoms with Crippen LogP contribution >= 0.6 is 0 Å². The molecule has 0 aliphatic carbocycles. The predicted molar refractivity (Wildman–Crippen MR) is 95.5 cm³/mol. The summed E-state index contributed by atoms with van der Waals surface area (Å²) in [5, 5.41) is 13.8. The lowest BCUT2D eigenvalue weighted by Crippen LogP contribution is -2.43. The molecule has 1 aliphatic rings. The number of carbonyl (C=O) groups excluding carboxylic acids is 2. The minimum Gasteiger partial charge on any atom is -0.482 e. The maximum atomic E-state index is 12.5. The van der Waals surface area contributed by atoms with Crippen LogP contribution in [0.3, 0.4) is 0 Å². The molecule has 8 heteroatoms. The standard InChI is InChI=1S/C18H17N3O5/c1-11-4-3-5-12(2)18(11)19-16(22)9-20-14-8-13(21(24)25)6-7-15(14)26-10-17(20)23/h3-8H,9-10H2,1-2H3,(H,19,22). The number of non-ortho nitro benzene ring substituents is 1. The summed E-state index contributed by atoms with van der Waals surface area (Å²) in [6.45, 7) is 3.27. The quantitative estimate of drug-likeness (QED) is 0.671. The Balaban J connectivity index is 1.85. The molecule has 0 fully saturated rings. The Kier molecular flexibility index (Phi) is 4.57. The summed E-state index contributed by atoms with van der Waals surface area (Å²) in [5.41, 5.74) is 2.54. The van der Waals surface area contributed by atoms with Crippen molar-refractivity contribution >= 4 is 28.9 Å². The molecule has 0 unspecified atom stereocenters. The average Bonchev–Trinajstić information content (AvgIpc) is 2.60. The molecule has 3 rings (SSSR count). The zero-order valence-corrected chi connectivity index (χ0v) is 14.3. The number of ether oxygens (including phenoxy) is 1. The highest BCUT2D eigenvalue weighted by molar-refractivity contribution is 6.05. The number of para-hydroxylation sites is 1. The SMILES string of the molecule is Cc1cccc(C)c1NC(=O)CN1C(=O)COc2ccc([N+](=O)[O-])cc21. The van der Waals surface area contributed by atoms with E-state index in [0.29, 0.717) is 11.4 Å². The fraction of sp³-hybridized carbons (Fsp3) is 0.222. The molecular formula is C18H17N3O5. The topological polar surface area (TPSA) is 102 Å². The second-order valence-corrected chi connectivity index (χ2v) is 5.99. The van der Waals surface area contributed by atoms with Crippen molar-refractivity contribution in [1.29, 1.82) is 0 Å². The van der Waals surface area contributed by atoms with Gasteiger partial charge in [-0.15, -0.1) is 0 Å². The molecule has 0 spiro atoms. The Labute approximate surface area is 149 Å². The first kappa shape index (κ1) is 17.4. The number of hydrogen-bond donors (Lipinski definition) is 1. The van der Waals surface area contributed by atoms with Gasteiger partial charge in [0.2, 0.25) is 5.91 Å². The average molecular weight is 355 g/mol. The second kappa shape index (κ2) is 6.83. The normalized spacial score (nSPS) is 13.0. The van der Waals surface area contributed by atoms with Gasteiger partial charge in [0.15, 0.2) is 6.61 Å². The molecule has 2 aromatic carbocycles. The van der Waals surface area contributed by atoms with Gasteiger partial charge in [0.05, 0.1) is 10.6 Å². The van der Waals surface area contributed by atoms with E-state index < -0.39 is 16.7 Å². The molecule has 0 saturated carbocycles. The van der Waals surface area contributed by atoms with Crippen LogP contribution in [0.1, 0.15) is 11.1 Å². The first-order chi connectivity index (χ1) is 12.4. The van der Waals surface area contributed by atoms with E-state index in [1.54, 1.807) is 0 Å². The number of benzene rings is 2. The number of rotatable bonds is 4. The van der Waals surface area contributed by atoms with E-state index >= 15 is 0 Å². The van der Waals surface area contributed by atoms with Gasteiger partial charge < -0.3 is 10.1 Å². The molecule has 2 aromatic rings. The van der Waals surface area contributed by atoms with Crippen molar-refractivity contribution in [3.8, 4) is 5.75 Å². The predicted octanol–water partition coefficient (Wildman–Crippen LogP) is 2.58. The van der Waals surface area contributed by atoms with Crippen LogP contribution in [0, 0.1) is 24.0 Å². The van der Waals surface area contributed by atoms with Gasteiger partial charge in [-0.3, -0.25) is 24.6 Å². The third-order valence-corrected chi connectivity index (χ3v) is 4.14. The van der Waals surface area contributed by atoms with E-state index in [0.717, 1.165) is 11.1 Å². The van der Waals surface area contributed by atoms with E-state index in [1.807, 2.05) is 32.0 Å². The maximum Gasteiger partial charge on any atom is 0.271 e. The molecule has 0 bridgehead atoms. The minimum atomic E-state index is -0.561. The lowest BCUT2D eigenvalue weighted by Gasteiger charge is -2.28.